The van der Waals surface area contributed by atoms with Crippen molar-refractivity contribution in [1.29, 1.82) is 0 Å². The predicted octanol–water partition coefficient (Wildman–Crippen LogP) is 3.89. The maximum atomic E-state index is 14.4. The van der Waals surface area contributed by atoms with Crippen LogP contribution in [0.2, 0.25) is 5.02 Å². The lowest BCUT2D eigenvalue weighted by atomic mass is 10.0. The van der Waals surface area contributed by atoms with E-state index in [4.69, 9.17) is 11.6 Å². The first-order valence-electron chi connectivity index (χ1n) is 9.41. The van der Waals surface area contributed by atoms with Crippen molar-refractivity contribution in [1.82, 2.24) is 25.7 Å². The van der Waals surface area contributed by atoms with Gasteiger partial charge in [-0.15, -0.1) is 0 Å². The molecule has 0 bridgehead atoms. The molecule has 5 rings (SSSR count). The quantitative estimate of drug-likeness (QED) is 0.538. The molecular weight excluding hydrogens is 391 g/mol. The number of anilines is 1. The van der Waals surface area contributed by atoms with Gasteiger partial charge in [0.05, 0.1) is 17.4 Å². The van der Waals surface area contributed by atoms with E-state index >= 15 is 0 Å². The largest absolute Gasteiger partial charge is 0.368 e. The molecule has 1 fully saturated rings. The van der Waals surface area contributed by atoms with Crippen LogP contribution in [-0.4, -0.2) is 46.6 Å². The minimum atomic E-state index is -0.395. The summed E-state index contributed by atoms with van der Waals surface area (Å²) < 4.78 is 14.4. The van der Waals surface area contributed by atoms with E-state index in [1.807, 2.05) is 24.4 Å². The molecule has 4 aromatic rings. The number of rotatable bonds is 3. The normalized spacial score (nSPS) is 14.5. The van der Waals surface area contributed by atoms with Crippen molar-refractivity contribution >= 4 is 28.2 Å². The van der Waals surface area contributed by atoms with E-state index < -0.39 is 5.82 Å². The van der Waals surface area contributed by atoms with E-state index in [-0.39, 0.29) is 0 Å². The minimum absolute atomic E-state index is 0.314. The van der Waals surface area contributed by atoms with Crippen LogP contribution < -0.4 is 10.2 Å². The standard InChI is InChI=1S/C21H18ClFN6/c22-15-2-3-18(23)17(11-15)21-20(26-28-27-21)13-1-4-19-14(9-13)10-16(12-25-19)29-7-5-24-6-8-29/h1-4,9-12,24H,5-8H2,(H,26,27,28). The van der Waals surface area contributed by atoms with Crippen LogP contribution in [0.5, 0.6) is 0 Å². The van der Waals surface area contributed by atoms with Crippen molar-refractivity contribution in [2.75, 3.05) is 31.1 Å². The zero-order valence-corrected chi connectivity index (χ0v) is 16.2. The fraction of sp³-hybridized carbons (Fsp3) is 0.190. The number of fused-ring (bicyclic) bond motifs is 1. The molecule has 3 heterocycles. The van der Waals surface area contributed by atoms with Crippen LogP contribution in [0, 0.1) is 5.82 Å². The molecule has 2 N–H and O–H groups in total. The average molecular weight is 409 g/mol. The van der Waals surface area contributed by atoms with Gasteiger partial charge in [-0.3, -0.25) is 4.98 Å². The summed E-state index contributed by atoms with van der Waals surface area (Å²) in [4.78, 5) is 6.92. The third-order valence-electron chi connectivity index (χ3n) is 5.15. The highest BCUT2D eigenvalue weighted by Crippen LogP contribution is 2.33. The molecule has 29 heavy (non-hydrogen) atoms. The lowest BCUT2D eigenvalue weighted by Crippen LogP contribution is -2.43. The molecule has 0 spiro atoms. The molecule has 8 heteroatoms. The summed E-state index contributed by atoms with van der Waals surface area (Å²) in [7, 11) is 0. The number of benzene rings is 2. The van der Waals surface area contributed by atoms with Crippen LogP contribution in [0.25, 0.3) is 33.4 Å². The summed E-state index contributed by atoms with van der Waals surface area (Å²) in [6.45, 7) is 3.83. The number of nitrogens with one attached hydrogen (secondary N) is 2. The first-order valence-corrected chi connectivity index (χ1v) is 9.79. The molecule has 1 aliphatic rings. The summed E-state index contributed by atoms with van der Waals surface area (Å²) in [6.07, 6.45) is 1.91. The Morgan fingerprint density at radius 1 is 0.966 bits per heavy atom. The minimum Gasteiger partial charge on any atom is -0.368 e. The Morgan fingerprint density at radius 3 is 2.66 bits per heavy atom. The molecule has 0 radical (unpaired) electrons. The van der Waals surface area contributed by atoms with Crippen LogP contribution in [0.3, 0.4) is 0 Å². The number of hydrogen-bond donors (Lipinski definition) is 2. The number of nitrogens with zero attached hydrogens (tertiary/aromatic N) is 4. The van der Waals surface area contributed by atoms with Gasteiger partial charge in [-0.25, -0.2) is 4.39 Å². The van der Waals surface area contributed by atoms with Crippen LogP contribution in [0.4, 0.5) is 10.1 Å². The van der Waals surface area contributed by atoms with Gasteiger partial charge in [0.1, 0.15) is 17.2 Å². The van der Waals surface area contributed by atoms with Gasteiger partial charge in [0.25, 0.3) is 0 Å². The van der Waals surface area contributed by atoms with E-state index in [2.05, 4.69) is 36.7 Å². The van der Waals surface area contributed by atoms with E-state index in [1.54, 1.807) is 6.07 Å². The molecule has 0 aliphatic carbocycles. The Bertz CT molecular complexity index is 1180. The molecule has 0 atom stereocenters. The molecule has 1 aliphatic heterocycles. The second-order valence-electron chi connectivity index (χ2n) is 6.98. The number of hydrogen-bond acceptors (Lipinski definition) is 5. The van der Waals surface area contributed by atoms with Crippen LogP contribution >= 0.6 is 11.6 Å². The number of pyridine rings is 1. The van der Waals surface area contributed by atoms with Crippen molar-refractivity contribution in [3.63, 3.8) is 0 Å². The molecule has 0 unspecified atom stereocenters. The van der Waals surface area contributed by atoms with Gasteiger partial charge in [0.2, 0.25) is 0 Å². The number of piperazine rings is 1. The van der Waals surface area contributed by atoms with E-state index in [9.17, 15) is 4.39 Å². The second kappa shape index (κ2) is 7.42. The highest BCUT2D eigenvalue weighted by atomic mass is 35.5. The fourth-order valence-corrected chi connectivity index (χ4v) is 3.83. The van der Waals surface area contributed by atoms with Crippen LogP contribution in [0.15, 0.2) is 48.7 Å². The number of aromatic nitrogens is 4. The third kappa shape index (κ3) is 3.43. The Kier molecular flexibility index (Phi) is 4.61. The summed E-state index contributed by atoms with van der Waals surface area (Å²) in [5.41, 5.74) is 4.13. The van der Waals surface area contributed by atoms with Crippen LogP contribution in [-0.2, 0) is 0 Å². The van der Waals surface area contributed by atoms with Crippen molar-refractivity contribution in [2.45, 2.75) is 0 Å². The smallest absolute Gasteiger partial charge is 0.132 e. The molecule has 6 nitrogen and oxygen atoms in total. The van der Waals surface area contributed by atoms with Gasteiger partial charge in [-0.05, 0) is 36.4 Å². The summed E-state index contributed by atoms with van der Waals surface area (Å²) in [5, 5.41) is 15.9. The monoisotopic (exact) mass is 408 g/mol. The van der Waals surface area contributed by atoms with Gasteiger partial charge in [-0.2, -0.15) is 15.4 Å². The third-order valence-corrected chi connectivity index (χ3v) is 5.39. The number of halogens is 2. The zero-order valence-electron chi connectivity index (χ0n) is 15.5. The molecule has 0 amide bonds. The van der Waals surface area contributed by atoms with E-state index in [0.717, 1.165) is 48.3 Å². The van der Waals surface area contributed by atoms with Crippen LogP contribution in [0.1, 0.15) is 0 Å². The zero-order chi connectivity index (χ0) is 19.8. The highest BCUT2D eigenvalue weighted by Gasteiger charge is 2.17. The Labute approximate surface area is 171 Å². The topological polar surface area (TPSA) is 69.7 Å². The lowest BCUT2D eigenvalue weighted by molar-refractivity contribution is 0.589. The molecular formula is C21H18ClFN6. The molecule has 2 aromatic heterocycles. The summed E-state index contributed by atoms with van der Waals surface area (Å²) in [5.74, 6) is -0.395. The number of H-pyrrole nitrogens is 1. The van der Waals surface area contributed by atoms with Crippen molar-refractivity contribution in [3.8, 4) is 22.5 Å². The van der Waals surface area contributed by atoms with Gasteiger partial charge in [0.15, 0.2) is 0 Å². The molecule has 146 valence electrons. The van der Waals surface area contributed by atoms with Crippen molar-refractivity contribution < 1.29 is 4.39 Å². The van der Waals surface area contributed by atoms with Crippen molar-refractivity contribution in [2.24, 2.45) is 0 Å². The summed E-state index contributed by atoms with van der Waals surface area (Å²) in [6, 6.07) is 12.4. The fourth-order valence-electron chi connectivity index (χ4n) is 3.66. The van der Waals surface area contributed by atoms with Gasteiger partial charge < -0.3 is 10.2 Å². The van der Waals surface area contributed by atoms with Crippen molar-refractivity contribution in [3.05, 3.63) is 59.5 Å². The average Bonchev–Trinajstić information content (AvgIpc) is 3.25. The maximum Gasteiger partial charge on any atom is 0.132 e. The first-order chi connectivity index (χ1) is 14.2. The van der Waals surface area contributed by atoms with Gasteiger partial charge in [0, 0.05) is 47.7 Å². The van der Waals surface area contributed by atoms with Gasteiger partial charge >= 0.3 is 0 Å². The summed E-state index contributed by atoms with van der Waals surface area (Å²) >= 11 is 6.06. The molecule has 2 aromatic carbocycles. The Morgan fingerprint density at radius 2 is 1.79 bits per heavy atom. The Hall–Kier alpha value is -3.03. The highest BCUT2D eigenvalue weighted by molar-refractivity contribution is 6.30. The number of aromatic amines is 1. The molecule has 0 saturated carbocycles. The predicted molar refractivity (Wildman–Crippen MR) is 113 cm³/mol. The second-order valence-corrected chi connectivity index (χ2v) is 7.42. The Balaban J connectivity index is 1.57. The lowest BCUT2D eigenvalue weighted by Gasteiger charge is -2.29. The first kappa shape index (κ1) is 18.0. The maximum absolute atomic E-state index is 14.4. The van der Waals surface area contributed by atoms with E-state index in [0.29, 0.717) is 22.0 Å². The molecule has 1 saturated heterocycles. The SMILES string of the molecule is Fc1ccc(Cl)cc1-c1n[nH]nc1-c1ccc2ncc(N3CCNCC3)cc2c1. The van der Waals surface area contributed by atoms with E-state index in [1.165, 1.54) is 12.1 Å². The van der Waals surface area contributed by atoms with Gasteiger partial charge in [-0.1, -0.05) is 17.7 Å².